The molecule has 3 aromatic carbocycles. The van der Waals surface area contributed by atoms with Gasteiger partial charge in [-0.25, -0.2) is 0 Å². The number of ether oxygens (including phenoxy) is 1. The topological polar surface area (TPSA) is 82.4 Å². The van der Waals surface area contributed by atoms with Crippen LogP contribution in [0.2, 0.25) is 0 Å². The molecule has 0 aromatic heterocycles. The molecule has 1 aliphatic heterocycles. The van der Waals surface area contributed by atoms with Crippen molar-refractivity contribution in [1.29, 1.82) is 0 Å². The number of aliphatic hydroxyl groups is 1. The minimum Gasteiger partial charge on any atom is -0.491 e. The van der Waals surface area contributed by atoms with Gasteiger partial charge in [-0.05, 0) is 84.5 Å². The van der Waals surface area contributed by atoms with Crippen LogP contribution < -0.4 is 9.26 Å². The number of likely N-dealkylation sites (tertiary alicyclic amines) is 1. The maximum Gasteiger partial charge on any atom is 0.391 e. The molecule has 37 heavy (non-hydrogen) atoms. The van der Waals surface area contributed by atoms with Crippen LogP contribution in [0.25, 0.3) is 11.1 Å². The van der Waals surface area contributed by atoms with Crippen molar-refractivity contribution >= 4 is 19.7 Å². The van der Waals surface area contributed by atoms with Gasteiger partial charge in [0.1, 0.15) is 24.2 Å². The van der Waals surface area contributed by atoms with Crippen LogP contribution in [-0.2, 0) is 0 Å². The second-order valence-electron chi connectivity index (χ2n) is 9.29. The largest absolute Gasteiger partial charge is 0.491 e. The van der Waals surface area contributed by atoms with Crippen molar-refractivity contribution in [1.82, 2.24) is 4.90 Å². The highest BCUT2D eigenvalue weighted by molar-refractivity contribution is 7.39. The summed E-state index contributed by atoms with van der Waals surface area (Å²) in [6, 6.07) is 25.7. The Balaban J connectivity index is 1.55. The average molecular weight is 522 g/mol. The fraction of sp³-hybridized carbons (Fsp3) is 0.333. The molecule has 196 valence electrons. The van der Waals surface area contributed by atoms with Gasteiger partial charge in [-0.3, -0.25) is 0 Å². The van der Waals surface area contributed by atoms with Crippen LogP contribution in [0.5, 0.6) is 11.5 Å². The van der Waals surface area contributed by atoms with Crippen molar-refractivity contribution in [3.8, 4) is 11.5 Å². The third-order valence-electron chi connectivity index (χ3n) is 6.61. The predicted molar refractivity (Wildman–Crippen MR) is 149 cm³/mol. The SMILES string of the molecule is CCC(=C(c1ccc(OCC(O)CN2CCCCC2)cc1)c1ccc(OP(O)O)cc1)c1ccccc1. The van der Waals surface area contributed by atoms with E-state index in [4.69, 9.17) is 9.26 Å². The van der Waals surface area contributed by atoms with Gasteiger partial charge in [0.15, 0.2) is 0 Å². The zero-order valence-electron chi connectivity index (χ0n) is 21.3. The Morgan fingerprint density at radius 1 is 0.811 bits per heavy atom. The van der Waals surface area contributed by atoms with E-state index in [0.717, 1.165) is 47.5 Å². The first-order valence-electron chi connectivity index (χ1n) is 12.9. The molecule has 0 saturated carbocycles. The van der Waals surface area contributed by atoms with Gasteiger partial charge in [0, 0.05) is 6.54 Å². The number of hydrogen-bond acceptors (Lipinski definition) is 6. The van der Waals surface area contributed by atoms with Gasteiger partial charge in [-0.15, -0.1) is 0 Å². The number of hydrogen-bond donors (Lipinski definition) is 3. The Labute approximate surface area is 220 Å². The molecule has 0 radical (unpaired) electrons. The van der Waals surface area contributed by atoms with E-state index >= 15 is 0 Å². The first-order chi connectivity index (χ1) is 18.0. The third-order valence-corrected chi connectivity index (χ3v) is 6.98. The van der Waals surface area contributed by atoms with Crippen LogP contribution in [-0.4, -0.2) is 52.1 Å². The van der Waals surface area contributed by atoms with E-state index < -0.39 is 14.7 Å². The number of β-amino-alcohol motifs (C(OH)–C–C–N with tert-alkyl or cyclic N) is 1. The molecule has 3 aromatic rings. The highest BCUT2D eigenvalue weighted by Gasteiger charge is 2.16. The summed E-state index contributed by atoms with van der Waals surface area (Å²) < 4.78 is 11.0. The van der Waals surface area contributed by atoms with E-state index in [9.17, 15) is 14.9 Å². The van der Waals surface area contributed by atoms with E-state index in [1.807, 2.05) is 54.6 Å². The molecule has 0 spiro atoms. The maximum atomic E-state index is 10.4. The van der Waals surface area contributed by atoms with Gasteiger partial charge in [0.25, 0.3) is 0 Å². The van der Waals surface area contributed by atoms with Gasteiger partial charge >= 0.3 is 8.60 Å². The second kappa shape index (κ2) is 13.7. The van der Waals surface area contributed by atoms with Gasteiger partial charge in [-0.2, -0.15) is 0 Å². The van der Waals surface area contributed by atoms with Crippen molar-refractivity contribution in [2.45, 2.75) is 38.7 Å². The highest BCUT2D eigenvalue weighted by Crippen LogP contribution is 2.37. The molecule has 0 amide bonds. The fourth-order valence-corrected chi connectivity index (χ4v) is 5.17. The first-order valence-corrected chi connectivity index (χ1v) is 14.1. The van der Waals surface area contributed by atoms with Gasteiger partial charge in [-0.1, -0.05) is 67.9 Å². The molecular formula is C30H36NO5P. The Hall–Kier alpha value is -2.73. The molecule has 1 unspecified atom stereocenters. The smallest absolute Gasteiger partial charge is 0.391 e. The van der Waals surface area contributed by atoms with Gasteiger partial charge in [0.05, 0.1) is 0 Å². The Morgan fingerprint density at radius 2 is 1.41 bits per heavy atom. The lowest BCUT2D eigenvalue weighted by molar-refractivity contribution is 0.0617. The zero-order chi connectivity index (χ0) is 26.0. The van der Waals surface area contributed by atoms with Crippen molar-refractivity contribution < 1.29 is 24.2 Å². The summed E-state index contributed by atoms with van der Waals surface area (Å²) in [4.78, 5) is 20.7. The quantitative estimate of drug-likeness (QED) is 0.216. The normalized spacial score (nSPS) is 15.8. The van der Waals surface area contributed by atoms with Crippen molar-refractivity contribution in [2.75, 3.05) is 26.2 Å². The average Bonchev–Trinajstić information content (AvgIpc) is 2.92. The zero-order valence-corrected chi connectivity index (χ0v) is 22.2. The van der Waals surface area contributed by atoms with Gasteiger partial charge < -0.3 is 29.1 Å². The van der Waals surface area contributed by atoms with E-state index in [1.165, 1.54) is 24.8 Å². The number of aliphatic hydroxyl groups excluding tert-OH is 1. The number of allylic oxidation sites excluding steroid dienone is 1. The van der Waals surface area contributed by atoms with E-state index in [2.05, 4.69) is 24.0 Å². The molecular weight excluding hydrogens is 485 g/mol. The Morgan fingerprint density at radius 3 is 1.97 bits per heavy atom. The van der Waals surface area contributed by atoms with Crippen LogP contribution >= 0.6 is 8.60 Å². The monoisotopic (exact) mass is 521 g/mol. The summed E-state index contributed by atoms with van der Waals surface area (Å²) in [5.41, 5.74) is 5.48. The molecule has 0 bridgehead atoms. The standard InChI is InChI=1S/C30H36NO5P/c1-2-29(23-9-5-3-6-10-23)30(25-13-17-28(18-14-25)36-37(33)34)24-11-15-27(16-12-24)35-22-26(32)21-31-19-7-4-8-20-31/h3,5-6,9-18,26,32-34H,2,4,7-8,19-22H2,1H3. The van der Waals surface area contributed by atoms with E-state index in [0.29, 0.717) is 12.3 Å². The summed E-state index contributed by atoms with van der Waals surface area (Å²) in [6.45, 7) is 5.16. The van der Waals surface area contributed by atoms with Crippen LogP contribution in [0.1, 0.15) is 49.3 Å². The number of piperidine rings is 1. The molecule has 0 aliphatic carbocycles. The molecule has 7 heteroatoms. The molecule has 6 nitrogen and oxygen atoms in total. The molecule has 4 rings (SSSR count). The third kappa shape index (κ3) is 7.88. The van der Waals surface area contributed by atoms with E-state index in [1.54, 1.807) is 12.1 Å². The Kier molecular flexibility index (Phi) is 10.1. The lowest BCUT2D eigenvalue weighted by atomic mass is 9.88. The number of rotatable bonds is 11. The number of nitrogens with zero attached hydrogens (tertiary/aromatic N) is 1. The lowest BCUT2D eigenvalue weighted by Gasteiger charge is -2.28. The minimum atomic E-state index is -2.46. The molecule has 1 atom stereocenters. The molecule has 1 saturated heterocycles. The number of benzene rings is 3. The fourth-order valence-electron chi connectivity index (χ4n) is 4.86. The second-order valence-corrected chi connectivity index (χ2v) is 9.98. The van der Waals surface area contributed by atoms with Crippen LogP contribution in [0, 0.1) is 0 Å². The maximum absolute atomic E-state index is 10.4. The predicted octanol–water partition coefficient (Wildman–Crippen LogP) is 5.87. The van der Waals surface area contributed by atoms with Crippen molar-refractivity contribution in [2.24, 2.45) is 0 Å². The first kappa shape index (κ1) is 27.3. The van der Waals surface area contributed by atoms with Crippen molar-refractivity contribution in [3.63, 3.8) is 0 Å². The Bertz CT molecular complexity index is 1130. The van der Waals surface area contributed by atoms with Crippen LogP contribution in [0.4, 0.5) is 0 Å². The van der Waals surface area contributed by atoms with Crippen molar-refractivity contribution in [3.05, 3.63) is 95.6 Å². The molecule has 1 aliphatic rings. The minimum absolute atomic E-state index is 0.266. The van der Waals surface area contributed by atoms with Crippen LogP contribution in [0.3, 0.4) is 0 Å². The van der Waals surface area contributed by atoms with Crippen LogP contribution in [0.15, 0.2) is 78.9 Å². The summed E-state index contributed by atoms with van der Waals surface area (Å²) in [7, 11) is -2.46. The summed E-state index contributed by atoms with van der Waals surface area (Å²) in [5, 5.41) is 10.4. The summed E-state index contributed by atoms with van der Waals surface area (Å²) in [5.74, 6) is 1.13. The molecule has 1 heterocycles. The molecule has 1 fully saturated rings. The summed E-state index contributed by atoms with van der Waals surface area (Å²) >= 11 is 0. The highest BCUT2D eigenvalue weighted by atomic mass is 31.2. The molecule has 3 N–H and O–H groups in total. The summed E-state index contributed by atoms with van der Waals surface area (Å²) in [6.07, 6.45) is 4.00. The van der Waals surface area contributed by atoms with Gasteiger partial charge in [0.2, 0.25) is 0 Å². The lowest BCUT2D eigenvalue weighted by Crippen LogP contribution is -2.38. The van der Waals surface area contributed by atoms with E-state index in [-0.39, 0.29) is 6.61 Å².